The summed E-state index contributed by atoms with van der Waals surface area (Å²) in [4.78, 5) is 12.5. The van der Waals surface area contributed by atoms with Gasteiger partial charge in [-0.25, -0.2) is 0 Å². The minimum absolute atomic E-state index is 0.0551. The van der Waals surface area contributed by atoms with Gasteiger partial charge in [-0.15, -0.1) is 0 Å². The van der Waals surface area contributed by atoms with Crippen LogP contribution in [0.1, 0.15) is 62.5 Å². The quantitative estimate of drug-likeness (QED) is 0.741. The maximum Gasteiger partial charge on any atom is 0.139 e. The van der Waals surface area contributed by atoms with Crippen LogP contribution in [0.5, 0.6) is 0 Å². The highest BCUT2D eigenvalue weighted by molar-refractivity contribution is 5.87. The first-order valence-corrected chi connectivity index (χ1v) is 8.28. The molecule has 0 aromatic heterocycles. The van der Waals surface area contributed by atoms with E-state index in [0.717, 1.165) is 31.6 Å². The van der Waals surface area contributed by atoms with Crippen molar-refractivity contribution in [2.75, 3.05) is 0 Å². The Bertz CT molecular complexity index is 546. The predicted octanol–water partition coefficient (Wildman–Crippen LogP) is 4.30. The number of rotatable bonds is 1. The molecule has 0 amide bonds. The molecule has 0 aliphatic heterocycles. The van der Waals surface area contributed by atoms with E-state index in [2.05, 4.69) is 31.2 Å². The SMILES string of the molecule is CC[C@@]12CC[C@@H]3c4cc[c]cc4CC[C@H]3[C@@H]1CCC2=O. The highest BCUT2D eigenvalue weighted by atomic mass is 16.1. The van der Waals surface area contributed by atoms with Crippen molar-refractivity contribution in [2.24, 2.45) is 17.3 Å². The largest absolute Gasteiger partial charge is 0.299 e. The summed E-state index contributed by atoms with van der Waals surface area (Å²) in [7, 11) is 0. The minimum atomic E-state index is 0.0551. The van der Waals surface area contributed by atoms with Crippen molar-refractivity contribution in [1.29, 1.82) is 0 Å². The lowest BCUT2D eigenvalue weighted by Crippen LogP contribution is -2.43. The van der Waals surface area contributed by atoms with Gasteiger partial charge in [0, 0.05) is 11.8 Å². The lowest BCUT2D eigenvalue weighted by molar-refractivity contribution is -0.131. The molecule has 1 nitrogen and oxygen atoms in total. The summed E-state index contributed by atoms with van der Waals surface area (Å²) in [6.45, 7) is 2.24. The first kappa shape index (κ1) is 12.6. The molecule has 4 rings (SSSR count). The van der Waals surface area contributed by atoms with Crippen molar-refractivity contribution in [3.63, 3.8) is 0 Å². The zero-order valence-corrected chi connectivity index (χ0v) is 12.3. The van der Waals surface area contributed by atoms with Gasteiger partial charge in [-0.1, -0.05) is 25.1 Å². The zero-order valence-electron chi connectivity index (χ0n) is 12.3. The summed E-state index contributed by atoms with van der Waals surface area (Å²) in [5.74, 6) is 2.71. The molecule has 0 heterocycles. The number of benzene rings is 1. The molecule has 1 aromatic rings. The van der Waals surface area contributed by atoms with Crippen LogP contribution >= 0.6 is 0 Å². The summed E-state index contributed by atoms with van der Waals surface area (Å²) in [5.41, 5.74) is 3.14. The molecular formula is C19H23O. The van der Waals surface area contributed by atoms with Crippen LogP contribution in [-0.4, -0.2) is 5.78 Å². The fourth-order valence-electron chi connectivity index (χ4n) is 5.68. The minimum Gasteiger partial charge on any atom is -0.299 e. The molecule has 2 fully saturated rings. The standard InChI is InChI=1S/C19H23O/c1-2-19-12-11-15-14-6-4-3-5-13(14)7-8-16(15)17(19)9-10-18(19)20/h4-6,15-17H,2,7-12H2,1H3/t15-,16-,17+,19-/m1/s1. The Labute approximate surface area is 121 Å². The predicted molar refractivity (Wildman–Crippen MR) is 79.5 cm³/mol. The first-order chi connectivity index (χ1) is 9.76. The van der Waals surface area contributed by atoms with Gasteiger partial charge < -0.3 is 0 Å². The average molecular weight is 267 g/mol. The van der Waals surface area contributed by atoms with E-state index in [0.29, 0.717) is 17.6 Å². The number of aryl methyl sites for hydroxylation is 1. The molecule has 20 heavy (non-hydrogen) atoms. The number of fused-ring (bicyclic) bond motifs is 5. The van der Waals surface area contributed by atoms with Gasteiger partial charge in [-0.2, -0.15) is 0 Å². The summed E-state index contributed by atoms with van der Waals surface area (Å²) in [6, 6.07) is 9.79. The third-order valence-corrected chi connectivity index (χ3v) is 6.65. The van der Waals surface area contributed by atoms with E-state index in [-0.39, 0.29) is 5.41 Å². The number of ketones is 1. The molecule has 1 heteroatoms. The second kappa shape index (κ2) is 4.44. The highest BCUT2D eigenvalue weighted by Crippen LogP contribution is 2.60. The van der Waals surface area contributed by atoms with Crippen molar-refractivity contribution in [3.05, 3.63) is 35.4 Å². The summed E-state index contributed by atoms with van der Waals surface area (Å²) < 4.78 is 0. The summed E-state index contributed by atoms with van der Waals surface area (Å²) in [6.07, 6.45) is 7.89. The van der Waals surface area contributed by atoms with E-state index in [1.807, 2.05) is 0 Å². The van der Waals surface area contributed by atoms with Crippen LogP contribution in [-0.2, 0) is 11.2 Å². The molecule has 0 N–H and O–H groups in total. The molecule has 2 saturated carbocycles. The molecule has 0 bridgehead atoms. The maximum atomic E-state index is 12.5. The fourth-order valence-corrected chi connectivity index (χ4v) is 5.68. The van der Waals surface area contributed by atoms with Crippen LogP contribution < -0.4 is 0 Å². The lowest BCUT2D eigenvalue weighted by atomic mass is 9.54. The zero-order chi connectivity index (χ0) is 13.7. The molecule has 1 aromatic carbocycles. The Morgan fingerprint density at radius 3 is 3.05 bits per heavy atom. The van der Waals surface area contributed by atoms with Gasteiger partial charge in [0.2, 0.25) is 0 Å². The Morgan fingerprint density at radius 1 is 1.30 bits per heavy atom. The lowest BCUT2D eigenvalue weighted by Gasteiger charge is -2.49. The molecule has 3 aliphatic carbocycles. The second-order valence-electron chi connectivity index (χ2n) is 7.05. The van der Waals surface area contributed by atoms with Crippen LogP contribution in [0.25, 0.3) is 0 Å². The van der Waals surface area contributed by atoms with Gasteiger partial charge in [0.25, 0.3) is 0 Å². The number of hydrogen-bond acceptors (Lipinski definition) is 1. The fraction of sp³-hybridized carbons (Fsp3) is 0.632. The van der Waals surface area contributed by atoms with E-state index in [9.17, 15) is 4.79 Å². The van der Waals surface area contributed by atoms with Gasteiger partial charge in [-0.05, 0) is 73.5 Å². The molecule has 0 saturated heterocycles. The molecule has 0 unspecified atom stereocenters. The van der Waals surface area contributed by atoms with Gasteiger partial charge in [0.05, 0.1) is 0 Å². The molecule has 105 valence electrons. The van der Waals surface area contributed by atoms with E-state index in [1.165, 1.54) is 24.8 Å². The Kier molecular flexibility index (Phi) is 2.80. The number of carbonyl (C=O) groups excluding carboxylic acids is 1. The van der Waals surface area contributed by atoms with Gasteiger partial charge in [0.1, 0.15) is 5.78 Å². The monoisotopic (exact) mass is 267 g/mol. The smallest absolute Gasteiger partial charge is 0.139 e. The topological polar surface area (TPSA) is 17.1 Å². The maximum absolute atomic E-state index is 12.5. The normalized spacial score (nSPS) is 39.0. The second-order valence-corrected chi connectivity index (χ2v) is 7.05. The van der Waals surface area contributed by atoms with Crippen LogP contribution in [0.4, 0.5) is 0 Å². The Hall–Kier alpha value is -1.11. The third kappa shape index (κ3) is 1.52. The Balaban J connectivity index is 1.73. The van der Waals surface area contributed by atoms with Crippen molar-refractivity contribution in [2.45, 2.75) is 57.8 Å². The van der Waals surface area contributed by atoms with E-state index in [4.69, 9.17) is 0 Å². The van der Waals surface area contributed by atoms with Crippen LogP contribution in [0.3, 0.4) is 0 Å². The van der Waals surface area contributed by atoms with Crippen LogP contribution in [0.15, 0.2) is 18.2 Å². The van der Waals surface area contributed by atoms with E-state index in [1.54, 1.807) is 5.56 Å². The van der Waals surface area contributed by atoms with E-state index >= 15 is 0 Å². The number of Topliss-reactive ketones (excluding diaryl/α,β-unsaturated/α-hetero) is 1. The molecule has 3 aliphatic rings. The highest BCUT2D eigenvalue weighted by Gasteiger charge is 2.55. The van der Waals surface area contributed by atoms with Crippen LogP contribution in [0, 0.1) is 23.3 Å². The van der Waals surface area contributed by atoms with E-state index < -0.39 is 0 Å². The van der Waals surface area contributed by atoms with Gasteiger partial charge >= 0.3 is 0 Å². The first-order valence-electron chi connectivity index (χ1n) is 8.28. The Morgan fingerprint density at radius 2 is 2.20 bits per heavy atom. The molecule has 0 spiro atoms. The van der Waals surface area contributed by atoms with Crippen molar-refractivity contribution in [1.82, 2.24) is 0 Å². The molecule has 4 atom stereocenters. The average Bonchev–Trinajstić information content (AvgIpc) is 2.85. The summed E-state index contributed by atoms with van der Waals surface area (Å²) >= 11 is 0. The van der Waals surface area contributed by atoms with Crippen LogP contribution in [0.2, 0.25) is 0 Å². The number of carbonyl (C=O) groups is 1. The van der Waals surface area contributed by atoms with Crippen molar-refractivity contribution in [3.8, 4) is 0 Å². The van der Waals surface area contributed by atoms with Crippen molar-refractivity contribution >= 4 is 5.78 Å². The number of hydrogen-bond donors (Lipinski definition) is 0. The van der Waals surface area contributed by atoms with Crippen molar-refractivity contribution < 1.29 is 4.79 Å². The molecule has 1 radical (unpaired) electrons. The molecular weight excluding hydrogens is 244 g/mol. The summed E-state index contributed by atoms with van der Waals surface area (Å²) in [5, 5.41) is 0. The van der Waals surface area contributed by atoms with Gasteiger partial charge in [-0.3, -0.25) is 4.79 Å². The van der Waals surface area contributed by atoms with Gasteiger partial charge in [0.15, 0.2) is 0 Å². The third-order valence-electron chi connectivity index (χ3n) is 6.65.